The fourth-order valence-corrected chi connectivity index (χ4v) is 2.77. The van der Waals surface area contributed by atoms with Crippen molar-refractivity contribution in [3.8, 4) is 5.75 Å². The van der Waals surface area contributed by atoms with Crippen molar-refractivity contribution in [2.24, 2.45) is 7.05 Å². The van der Waals surface area contributed by atoms with Crippen LogP contribution in [0, 0.1) is 0 Å². The van der Waals surface area contributed by atoms with Crippen molar-refractivity contribution in [2.45, 2.75) is 11.3 Å². The van der Waals surface area contributed by atoms with Crippen LogP contribution >= 0.6 is 11.8 Å². The summed E-state index contributed by atoms with van der Waals surface area (Å²) in [6, 6.07) is 14.0. The average Bonchev–Trinajstić information content (AvgIpc) is 2.96. The Labute approximate surface area is 132 Å². The molecule has 6 nitrogen and oxygen atoms in total. The second kappa shape index (κ2) is 6.76. The van der Waals surface area contributed by atoms with Gasteiger partial charge in [0.05, 0.1) is 6.10 Å². The summed E-state index contributed by atoms with van der Waals surface area (Å²) in [5.74, 6) is 1.23. The molecule has 0 bridgehead atoms. The molecule has 0 aliphatic carbocycles. The Morgan fingerprint density at radius 2 is 2.05 bits per heavy atom. The van der Waals surface area contributed by atoms with E-state index in [1.807, 2.05) is 36.4 Å². The van der Waals surface area contributed by atoms with Gasteiger partial charge >= 0.3 is 0 Å². The number of hydrogen-bond acceptors (Lipinski definition) is 6. The second-order valence-corrected chi connectivity index (χ2v) is 5.86. The first kappa shape index (κ1) is 14.8. The number of tetrazole rings is 1. The summed E-state index contributed by atoms with van der Waals surface area (Å²) in [4.78, 5) is 0. The van der Waals surface area contributed by atoms with E-state index >= 15 is 0 Å². The Hall–Kier alpha value is -2.12. The topological polar surface area (TPSA) is 73.1 Å². The Morgan fingerprint density at radius 1 is 1.23 bits per heavy atom. The standard InChI is InChI=1S/C15H16N4O2S/c1-19-15(16-17-18-19)22-10-13(20)9-21-14-7-6-11-4-2-3-5-12(11)8-14/h2-8,13,20H,9-10H2,1H3. The first-order chi connectivity index (χ1) is 10.7. The first-order valence-corrected chi connectivity index (χ1v) is 7.86. The van der Waals surface area contributed by atoms with Crippen molar-refractivity contribution in [1.82, 2.24) is 20.2 Å². The van der Waals surface area contributed by atoms with Gasteiger partial charge in [0, 0.05) is 12.8 Å². The van der Waals surface area contributed by atoms with Gasteiger partial charge in [0.2, 0.25) is 5.16 Å². The van der Waals surface area contributed by atoms with Crippen LogP contribution in [0.3, 0.4) is 0 Å². The van der Waals surface area contributed by atoms with E-state index in [-0.39, 0.29) is 6.61 Å². The van der Waals surface area contributed by atoms with Gasteiger partial charge in [0.15, 0.2) is 0 Å². The van der Waals surface area contributed by atoms with Crippen molar-refractivity contribution < 1.29 is 9.84 Å². The highest BCUT2D eigenvalue weighted by Gasteiger charge is 2.10. The molecule has 114 valence electrons. The number of aryl methyl sites for hydroxylation is 1. The van der Waals surface area contributed by atoms with E-state index in [9.17, 15) is 5.11 Å². The van der Waals surface area contributed by atoms with Gasteiger partial charge in [0.25, 0.3) is 0 Å². The monoisotopic (exact) mass is 316 g/mol. The highest BCUT2D eigenvalue weighted by Crippen LogP contribution is 2.21. The quantitative estimate of drug-likeness (QED) is 0.700. The smallest absolute Gasteiger partial charge is 0.209 e. The number of aliphatic hydroxyl groups excluding tert-OH is 1. The summed E-state index contributed by atoms with van der Waals surface area (Å²) < 4.78 is 7.23. The lowest BCUT2D eigenvalue weighted by atomic mass is 10.1. The molecule has 1 unspecified atom stereocenters. The van der Waals surface area contributed by atoms with E-state index in [2.05, 4.69) is 21.6 Å². The fourth-order valence-electron chi connectivity index (χ4n) is 2.01. The fraction of sp³-hybridized carbons (Fsp3) is 0.267. The van der Waals surface area contributed by atoms with Crippen LogP contribution in [0.15, 0.2) is 47.6 Å². The number of ether oxygens (including phenoxy) is 1. The SMILES string of the molecule is Cn1nnnc1SCC(O)COc1ccc2ccccc2c1. The van der Waals surface area contributed by atoms with Crippen LogP contribution in [0.4, 0.5) is 0 Å². The van der Waals surface area contributed by atoms with Gasteiger partial charge < -0.3 is 9.84 Å². The Kier molecular flexibility index (Phi) is 4.55. The molecule has 1 atom stereocenters. The lowest BCUT2D eigenvalue weighted by Gasteiger charge is -2.12. The predicted molar refractivity (Wildman–Crippen MR) is 85.0 cm³/mol. The zero-order chi connectivity index (χ0) is 15.4. The van der Waals surface area contributed by atoms with Crippen LogP contribution in [-0.2, 0) is 7.05 Å². The maximum atomic E-state index is 9.99. The summed E-state index contributed by atoms with van der Waals surface area (Å²) in [7, 11) is 1.76. The molecule has 7 heteroatoms. The molecule has 0 radical (unpaired) electrons. The predicted octanol–water partition coefficient (Wildman–Crippen LogP) is 1.90. The molecule has 0 spiro atoms. The maximum Gasteiger partial charge on any atom is 0.209 e. The van der Waals surface area contributed by atoms with Crippen molar-refractivity contribution in [1.29, 1.82) is 0 Å². The summed E-state index contributed by atoms with van der Waals surface area (Å²) >= 11 is 1.40. The van der Waals surface area contributed by atoms with Crippen LogP contribution < -0.4 is 4.74 Å². The summed E-state index contributed by atoms with van der Waals surface area (Å²) in [5, 5.41) is 24.1. The minimum absolute atomic E-state index is 0.233. The van der Waals surface area contributed by atoms with Crippen LogP contribution in [-0.4, -0.2) is 43.8 Å². The number of aromatic nitrogens is 4. The van der Waals surface area contributed by atoms with E-state index < -0.39 is 6.10 Å². The zero-order valence-corrected chi connectivity index (χ0v) is 12.9. The zero-order valence-electron chi connectivity index (χ0n) is 12.1. The lowest BCUT2D eigenvalue weighted by molar-refractivity contribution is 0.126. The number of fused-ring (bicyclic) bond motifs is 1. The van der Waals surface area contributed by atoms with Gasteiger partial charge in [-0.15, -0.1) is 5.10 Å². The van der Waals surface area contributed by atoms with E-state index in [1.54, 1.807) is 11.7 Å². The largest absolute Gasteiger partial charge is 0.491 e. The molecule has 1 N–H and O–H groups in total. The highest BCUT2D eigenvalue weighted by molar-refractivity contribution is 7.99. The van der Waals surface area contributed by atoms with Gasteiger partial charge in [-0.25, -0.2) is 4.68 Å². The van der Waals surface area contributed by atoms with Gasteiger partial charge in [-0.05, 0) is 33.3 Å². The molecule has 1 aromatic heterocycles. The van der Waals surface area contributed by atoms with Crippen LogP contribution in [0.1, 0.15) is 0 Å². The third kappa shape index (κ3) is 3.55. The average molecular weight is 316 g/mol. The van der Waals surface area contributed by atoms with Crippen LogP contribution in [0.2, 0.25) is 0 Å². The van der Waals surface area contributed by atoms with Gasteiger partial charge in [0.1, 0.15) is 12.4 Å². The molecule has 1 heterocycles. The molecule has 0 aliphatic rings. The van der Waals surface area contributed by atoms with Crippen molar-refractivity contribution >= 4 is 22.5 Å². The number of nitrogens with zero attached hydrogens (tertiary/aromatic N) is 4. The lowest BCUT2D eigenvalue weighted by Crippen LogP contribution is -2.20. The maximum absolute atomic E-state index is 9.99. The molecule has 3 rings (SSSR count). The van der Waals surface area contributed by atoms with Gasteiger partial charge in [-0.2, -0.15) is 0 Å². The number of benzene rings is 2. The summed E-state index contributed by atoms with van der Waals surface area (Å²) in [6.45, 7) is 0.233. The summed E-state index contributed by atoms with van der Waals surface area (Å²) in [6.07, 6.45) is -0.590. The Bertz CT molecular complexity index is 762. The number of rotatable bonds is 6. The minimum Gasteiger partial charge on any atom is -0.491 e. The van der Waals surface area contributed by atoms with Crippen LogP contribution in [0.5, 0.6) is 5.75 Å². The third-order valence-corrected chi connectivity index (χ3v) is 4.30. The Balaban J connectivity index is 1.53. The number of hydrogen-bond donors (Lipinski definition) is 1. The van der Waals surface area contributed by atoms with Gasteiger partial charge in [-0.1, -0.05) is 42.1 Å². The molecular weight excluding hydrogens is 300 g/mol. The number of aliphatic hydroxyl groups is 1. The molecular formula is C15H16N4O2S. The molecule has 22 heavy (non-hydrogen) atoms. The van der Waals surface area contributed by atoms with E-state index in [4.69, 9.17) is 4.74 Å². The molecule has 3 aromatic rings. The highest BCUT2D eigenvalue weighted by atomic mass is 32.2. The molecule has 0 aliphatic heterocycles. The minimum atomic E-state index is -0.590. The molecule has 0 amide bonds. The van der Waals surface area contributed by atoms with Crippen molar-refractivity contribution in [2.75, 3.05) is 12.4 Å². The van der Waals surface area contributed by atoms with Crippen molar-refractivity contribution in [3.05, 3.63) is 42.5 Å². The normalized spacial score (nSPS) is 12.5. The molecule has 2 aromatic carbocycles. The Morgan fingerprint density at radius 3 is 2.82 bits per heavy atom. The summed E-state index contributed by atoms with van der Waals surface area (Å²) in [5.41, 5.74) is 0. The van der Waals surface area contributed by atoms with Crippen molar-refractivity contribution in [3.63, 3.8) is 0 Å². The van der Waals surface area contributed by atoms with Crippen LogP contribution in [0.25, 0.3) is 10.8 Å². The van der Waals surface area contributed by atoms with E-state index in [0.29, 0.717) is 10.9 Å². The van der Waals surface area contributed by atoms with Gasteiger partial charge in [-0.3, -0.25) is 0 Å². The third-order valence-electron chi connectivity index (χ3n) is 3.15. The van der Waals surface area contributed by atoms with E-state index in [0.717, 1.165) is 11.1 Å². The van der Waals surface area contributed by atoms with E-state index in [1.165, 1.54) is 17.1 Å². The molecule has 0 saturated heterocycles. The molecule has 0 saturated carbocycles. The molecule has 0 fully saturated rings. The first-order valence-electron chi connectivity index (χ1n) is 6.87. The number of thioether (sulfide) groups is 1. The second-order valence-electron chi connectivity index (χ2n) is 4.87.